The smallest absolute Gasteiger partial charge is 0.342 e. The highest BCUT2D eigenvalue weighted by atomic mass is 32.2. The number of ether oxygens (including phenoxy) is 1. The van der Waals surface area contributed by atoms with E-state index in [9.17, 15) is 18.0 Å². The maximum absolute atomic E-state index is 12.7. The van der Waals surface area contributed by atoms with Gasteiger partial charge < -0.3 is 14.1 Å². The third kappa shape index (κ3) is 4.05. The highest BCUT2D eigenvalue weighted by Crippen LogP contribution is 2.29. The van der Waals surface area contributed by atoms with Gasteiger partial charge in [-0.2, -0.15) is 0 Å². The summed E-state index contributed by atoms with van der Waals surface area (Å²) in [7, 11) is -3.09. The second kappa shape index (κ2) is 7.19. The average Bonchev–Trinajstić information content (AvgIpc) is 3.28. The highest BCUT2D eigenvalue weighted by molar-refractivity contribution is 7.91. The largest absolute Gasteiger partial charge is 0.469 e. The zero-order valence-corrected chi connectivity index (χ0v) is 15.1. The molecule has 2 aliphatic rings. The van der Waals surface area contributed by atoms with Crippen LogP contribution < -0.4 is 0 Å². The molecule has 2 heterocycles. The van der Waals surface area contributed by atoms with Gasteiger partial charge in [0, 0.05) is 12.1 Å². The van der Waals surface area contributed by atoms with Crippen molar-refractivity contribution in [3.63, 3.8) is 0 Å². The molecule has 1 atom stereocenters. The monoisotopic (exact) mass is 369 g/mol. The SMILES string of the molecule is Cc1occc1C(=O)OCC(=O)N(C1CCCC1)[C@H]1CCS(=O)(=O)C1. The van der Waals surface area contributed by atoms with Crippen LogP contribution in [-0.2, 0) is 19.4 Å². The van der Waals surface area contributed by atoms with Gasteiger partial charge in [0.1, 0.15) is 11.3 Å². The van der Waals surface area contributed by atoms with Crippen LogP contribution in [-0.4, -0.2) is 55.4 Å². The number of carbonyl (C=O) groups excluding carboxylic acids is 2. The van der Waals surface area contributed by atoms with Gasteiger partial charge in [-0.1, -0.05) is 12.8 Å². The maximum Gasteiger partial charge on any atom is 0.342 e. The molecule has 25 heavy (non-hydrogen) atoms. The first-order chi connectivity index (χ1) is 11.9. The van der Waals surface area contributed by atoms with E-state index < -0.39 is 15.8 Å². The second-order valence-electron chi connectivity index (χ2n) is 6.76. The molecule has 1 saturated carbocycles. The van der Waals surface area contributed by atoms with Crippen LogP contribution in [0.15, 0.2) is 16.7 Å². The van der Waals surface area contributed by atoms with Gasteiger partial charge in [0.05, 0.1) is 17.8 Å². The molecule has 0 aromatic carbocycles. The average molecular weight is 369 g/mol. The fourth-order valence-corrected chi connectivity index (χ4v) is 5.47. The van der Waals surface area contributed by atoms with Gasteiger partial charge in [-0.25, -0.2) is 13.2 Å². The minimum absolute atomic E-state index is 0.00399. The lowest BCUT2D eigenvalue weighted by atomic mass is 10.1. The Morgan fingerprint density at radius 1 is 1.24 bits per heavy atom. The lowest BCUT2D eigenvalue weighted by molar-refractivity contribution is -0.139. The molecule has 1 aliphatic carbocycles. The van der Waals surface area contributed by atoms with E-state index in [4.69, 9.17) is 9.15 Å². The number of nitrogens with zero attached hydrogens (tertiary/aromatic N) is 1. The van der Waals surface area contributed by atoms with E-state index in [-0.39, 0.29) is 36.1 Å². The molecular formula is C17H23NO6S. The first-order valence-electron chi connectivity index (χ1n) is 8.60. The Balaban J connectivity index is 1.67. The molecule has 1 aromatic rings. The molecule has 1 amide bonds. The van der Waals surface area contributed by atoms with Crippen molar-refractivity contribution in [3.05, 3.63) is 23.7 Å². The first-order valence-corrected chi connectivity index (χ1v) is 10.4. The van der Waals surface area contributed by atoms with Gasteiger partial charge in [0.2, 0.25) is 0 Å². The van der Waals surface area contributed by atoms with Crippen LogP contribution in [0.25, 0.3) is 0 Å². The number of hydrogen-bond donors (Lipinski definition) is 0. The minimum Gasteiger partial charge on any atom is -0.469 e. The zero-order chi connectivity index (χ0) is 18.0. The Morgan fingerprint density at radius 3 is 2.52 bits per heavy atom. The number of esters is 1. The predicted octanol–water partition coefficient (Wildman–Crippen LogP) is 1.70. The second-order valence-corrected chi connectivity index (χ2v) is 8.99. The molecule has 1 aliphatic heterocycles. The summed E-state index contributed by atoms with van der Waals surface area (Å²) in [5.41, 5.74) is 0.295. The summed E-state index contributed by atoms with van der Waals surface area (Å²) < 4.78 is 33.8. The molecule has 0 N–H and O–H groups in total. The van der Waals surface area contributed by atoms with E-state index >= 15 is 0 Å². The van der Waals surface area contributed by atoms with Gasteiger partial charge in [0.15, 0.2) is 16.4 Å². The van der Waals surface area contributed by atoms with Crippen LogP contribution >= 0.6 is 0 Å². The van der Waals surface area contributed by atoms with Crippen molar-refractivity contribution in [2.45, 2.75) is 51.1 Å². The number of carbonyl (C=O) groups is 2. The van der Waals surface area contributed by atoms with Crippen LogP contribution in [0.4, 0.5) is 0 Å². The molecule has 0 bridgehead atoms. The number of sulfone groups is 1. The Labute approximate surface area is 147 Å². The van der Waals surface area contributed by atoms with Crippen LogP contribution in [0, 0.1) is 6.92 Å². The molecule has 0 radical (unpaired) electrons. The fraction of sp³-hybridized carbons (Fsp3) is 0.647. The quantitative estimate of drug-likeness (QED) is 0.734. The van der Waals surface area contributed by atoms with Gasteiger partial charge in [0.25, 0.3) is 5.91 Å². The Hall–Kier alpha value is -1.83. The van der Waals surface area contributed by atoms with E-state index in [1.807, 2.05) is 0 Å². The van der Waals surface area contributed by atoms with Crippen molar-refractivity contribution in [2.75, 3.05) is 18.1 Å². The third-order valence-corrected chi connectivity index (χ3v) is 6.76. The summed E-state index contributed by atoms with van der Waals surface area (Å²) in [6.07, 6.45) is 5.65. The molecule has 1 aromatic heterocycles. The zero-order valence-electron chi connectivity index (χ0n) is 14.3. The number of rotatable bonds is 5. The van der Waals surface area contributed by atoms with Crippen molar-refractivity contribution in [1.82, 2.24) is 4.90 Å². The summed E-state index contributed by atoms with van der Waals surface area (Å²) in [6, 6.07) is 1.23. The molecule has 8 heteroatoms. The minimum atomic E-state index is -3.09. The molecule has 1 saturated heterocycles. The van der Waals surface area contributed by atoms with Crippen molar-refractivity contribution in [3.8, 4) is 0 Å². The van der Waals surface area contributed by atoms with E-state index in [0.717, 1.165) is 25.7 Å². The molecule has 0 spiro atoms. The van der Waals surface area contributed by atoms with Gasteiger partial charge >= 0.3 is 5.97 Å². The lowest BCUT2D eigenvalue weighted by Gasteiger charge is -2.33. The first kappa shape index (κ1) is 18.0. The maximum atomic E-state index is 12.7. The van der Waals surface area contributed by atoms with Crippen LogP contribution in [0.2, 0.25) is 0 Å². The molecule has 7 nitrogen and oxygen atoms in total. The summed E-state index contributed by atoms with van der Waals surface area (Å²) in [4.78, 5) is 26.4. The lowest BCUT2D eigenvalue weighted by Crippen LogP contribution is -2.48. The Morgan fingerprint density at radius 2 is 1.96 bits per heavy atom. The highest BCUT2D eigenvalue weighted by Gasteiger charge is 2.39. The Bertz CT molecular complexity index is 747. The summed E-state index contributed by atoms with van der Waals surface area (Å²) in [5, 5.41) is 0. The Kier molecular flexibility index (Phi) is 5.17. The van der Waals surface area contributed by atoms with Crippen LogP contribution in [0.3, 0.4) is 0 Å². The summed E-state index contributed by atoms with van der Waals surface area (Å²) >= 11 is 0. The predicted molar refractivity (Wildman–Crippen MR) is 89.9 cm³/mol. The van der Waals surface area contributed by atoms with E-state index in [2.05, 4.69) is 0 Å². The standard InChI is InChI=1S/C17H23NO6S/c1-12-15(6-8-23-12)17(20)24-10-16(19)18(13-4-2-3-5-13)14-7-9-25(21,22)11-14/h6,8,13-14H,2-5,7,9-11H2,1H3/t14-/m0/s1. The third-order valence-electron chi connectivity index (χ3n) is 5.01. The van der Waals surface area contributed by atoms with Crippen molar-refractivity contribution < 1.29 is 27.2 Å². The van der Waals surface area contributed by atoms with Crippen molar-refractivity contribution >= 4 is 21.7 Å². The number of furan rings is 1. The van der Waals surface area contributed by atoms with Crippen LogP contribution in [0.5, 0.6) is 0 Å². The number of aryl methyl sites for hydroxylation is 1. The molecule has 2 fully saturated rings. The molecular weight excluding hydrogens is 346 g/mol. The van der Waals surface area contributed by atoms with Gasteiger partial charge in [-0.05, 0) is 32.3 Å². The number of amides is 1. The van der Waals surface area contributed by atoms with Crippen molar-refractivity contribution in [1.29, 1.82) is 0 Å². The molecule has 0 unspecified atom stereocenters. The summed E-state index contributed by atoms with van der Waals surface area (Å²) in [5.74, 6) is -0.368. The normalized spacial score (nSPS) is 22.8. The van der Waals surface area contributed by atoms with Gasteiger partial charge in [-0.15, -0.1) is 0 Å². The van der Waals surface area contributed by atoms with Gasteiger partial charge in [-0.3, -0.25) is 4.79 Å². The van der Waals surface area contributed by atoms with Crippen molar-refractivity contribution in [2.24, 2.45) is 0 Å². The fourth-order valence-electron chi connectivity index (χ4n) is 3.76. The molecule has 138 valence electrons. The number of hydrogen-bond acceptors (Lipinski definition) is 6. The van der Waals surface area contributed by atoms with Crippen LogP contribution in [0.1, 0.15) is 48.2 Å². The topological polar surface area (TPSA) is 93.9 Å². The van der Waals surface area contributed by atoms with E-state index in [1.165, 1.54) is 12.3 Å². The van der Waals surface area contributed by atoms with E-state index in [1.54, 1.807) is 11.8 Å². The van der Waals surface area contributed by atoms with E-state index in [0.29, 0.717) is 17.7 Å². The molecule has 3 rings (SSSR count). The summed E-state index contributed by atoms with van der Waals surface area (Å²) in [6.45, 7) is 1.27.